The van der Waals surface area contributed by atoms with Gasteiger partial charge in [0, 0.05) is 12.2 Å². The minimum atomic E-state index is 0.0237. The summed E-state index contributed by atoms with van der Waals surface area (Å²) < 4.78 is 2.71. The van der Waals surface area contributed by atoms with E-state index in [9.17, 15) is 4.79 Å². The second kappa shape index (κ2) is 2.96. The lowest BCUT2D eigenvalue weighted by Gasteiger charge is -2.01. The van der Waals surface area contributed by atoms with E-state index in [4.69, 9.17) is 0 Å². The maximum Gasteiger partial charge on any atom is 0.287 e. The Bertz CT molecular complexity index is 484. The average Bonchev–Trinajstić information content (AvgIpc) is 2.45. The Morgan fingerprint density at radius 3 is 2.92 bits per heavy atom. The van der Waals surface area contributed by atoms with Gasteiger partial charge in [-0.3, -0.25) is 8.75 Å². The molecule has 0 aliphatic rings. The van der Waals surface area contributed by atoms with Crippen LogP contribution in [0.4, 0.5) is 0 Å². The predicted octanol–water partition coefficient (Wildman–Crippen LogP) is 2.04. The lowest BCUT2D eigenvalue weighted by Crippen LogP contribution is -2.15. The van der Waals surface area contributed by atoms with Gasteiger partial charge in [0.05, 0.1) is 4.70 Å². The van der Waals surface area contributed by atoms with E-state index in [1.54, 1.807) is 10.2 Å². The van der Waals surface area contributed by atoms with Gasteiger partial charge in [0.2, 0.25) is 0 Å². The highest BCUT2D eigenvalue weighted by Crippen LogP contribution is 2.16. The Labute approximate surface area is 79.8 Å². The fraction of sp³-hybridized carbons (Fsp3) is 0.333. The summed E-state index contributed by atoms with van der Waals surface area (Å²) in [4.78, 5) is 15.7. The SMILES string of the molecule is CC(C)n1sc2cccnc2c1=O. The lowest BCUT2D eigenvalue weighted by molar-refractivity contribution is 0.635. The number of aromatic nitrogens is 2. The Morgan fingerprint density at radius 1 is 1.54 bits per heavy atom. The first-order chi connectivity index (χ1) is 6.20. The van der Waals surface area contributed by atoms with Gasteiger partial charge in [-0.15, -0.1) is 0 Å². The summed E-state index contributed by atoms with van der Waals surface area (Å²) in [5.41, 5.74) is 0.608. The molecule has 0 spiro atoms. The van der Waals surface area contributed by atoms with Crippen molar-refractivity contribution in [1.29, 1.82) is 0 Å². The Balaban J connectivity index is 2.82. The van der Waals surface area contributed by atoms with E-state index >= 15 is 0 Å². The molecule has 4 heteroatoms. The van der Waals surface area contributed by atoms with E-state index < -0.39 is 0 Å². The predicted molar refractivity (Wildman–Crippen MR) is 54.3 cm³/mol. The molecular formula is C9H10N2OS. The highest BCUT2D eigenvalue weighted by atomic mass is 32.1. The minimum absolute atomic E-state index is 0.0237. The van der Waals surface area contributed by atoms with Crippen LogP contribution in [0, 0.1) is 0 Å². The molecule has 0 radical (unpaired) electrons. The molecule has 0 N–H and O–H groups in total. The van der Waals surface area contributed by atoms with Crippen LogP contribution in [-0.4, -0.2) is 8.94 Å². The average molecular weight is 194 g/mol. The van der Waals surface area contributed by atoms with Crippen molar-refractivity contribution < 1.29 is 0 Å². The molecule has 0 aromatic carbocycles. The van der Waals surface area contributed by atoms with Crippen molar-refractivity contribution in [3.63, 3.8) is 0 Å². The molecule has 0 aliphatic heterocycles. The summed E-state index contributed by atoms with van der Waals surface area (Å²) in [5.74, 6) is 0. The Hall–Kier alpha value is -1.16. The zero-order chi connectivity index (χ0) is 9.42. The smallest absolute Gasteiger partial charge is 0.266 e. The molecule has 2 rings (SSSR count). The number of hydrogen-bond acceptors (Lipinski definition) is 3. The molecule has 68 valence electrons. The van der Waals surface area contributed by atoms with E-state index in [0.29, 0.717) is 5.52 Å². The molecule has 2 aromatic heterocycles. The van der Waals surface area contributed by atoms with Crippen LogP contribution < -0.4 is 5.56 Å². The van der Waals surface area contributed by atoms with E-state index in [0.717, 1.165) is 4.70 Å². The zero-order valence-electron chi connectivity index (χ0n) is 7.52. The first-order valence-corrected chi connectivity index (χ1v) is 4.94. The van der Waals surface area contributed by atoms with Crippen LogP contribution in [0.2, 0.25) is 0 Å². The summed E-state index contributed by atoms with van der Waals surface area (Å²) >= 11 is 1.47. The Morgan fingerprint density at radius 2 is 2.31 bits per heavy atom. The normalized spacial score (nSPS) is 11.3. The van der Waals surface area contributed by atoms with Crippen LogP contribution in [0.3, 0.4) is 0 Å². The van der Waals surface area contributed by atoms with E-state index in [2.05, 4.69) is 4.98 Å². The molecule has 0 saturated carbocycles. The molecule has 13 heavy (non-hydrogen) atoms. The summed E-state index contributed by atoms with van der Waals surface area (Å²) in [6.45, 7) is 3.99. The third-order valence-electron chi connectivity index (χ3n) is 1.84. The fourth-order valence-corrected chi connectivity index (χ4v) is 2.17. The van der Waals surface area contributed by atoms with Crippen molar-refractivity contribution in [1.82, 2.24) is 8.94 Å². The first kappa shape index (κ1) is 8.44. The molecule has 2 aromatic rings. The van der Waals surface area contributed by atoms with Gasteiger partial charge in [0.15, 0.2) is 0 Å². The van der Waals surface area contributed by atoms with Crippen molar-refractivity contribution >= 4 is 21.7 Å². The van der Waals surface area contributed by atoms with Crippen LogP contribution in [0.25, 0.3) is 10.2 Å². The van der Waals surface area contributed by atoms with Crippen molar-refractivity contribution in [2.24, 2.45) is 0 Å². The van der Waals surface area contributed by atoms with Crippen molar-refractivity contribution in [2.75, 3.05) is 0 Å². The summed E-state index contributed by atoms with van der Waals surface area (Å²) in [5, 5.41) is 0. The van der Waals surface area contributed by atoms with Crippen LogP contribution in [0.5, 0.6) is 0 Å². The van der Waals surface area contributed by atoms with Crippen LogP contribution >= 0.6 is 11.5 Å². The van der Waals surface area contributed by atoms with E-state index in [-0.39, 0.29) is 11.6 Å². The van der Waals surface area contributed by atoms with Gasteiger partial charge in [-0.05, 0) is 26.0 Å². The molecule has 0 aliphatic carbocycles. The number of rotatable bonds is 1. The van der Waals surface area contributed by atoms with Crippen LogP contribution in [0.1, 0.15) is 19.9 Å². The van der Waals surface area contributed by atoms with Gasteiger partial charge in [-0.1, -0.05) is 11.5 Å². The highest BCUT2D eigenvalue weighted by molar-refractivity contribution is 7.13. The fourth-order valence-electron chi connectivity index (χ4n) is 1.22. The second-order valence-corrected chi connectivity index (χ2v) is 4.18. The van der Waals surface area contributed by atoms with Crippen LogP contribution in [0.15, 0.2) is 23.1 Å². The second-order valence-electron chi connectivity index (χ2n) is 3.17. The largest absolute Gasteiger partial charge is 0.287 e. The van der Waals surface area contributed by atoms with Gasteiger partial charge in [-0.2, -0.15) is 0 Å². The lowest BCUT2D eigenvalue weighted by atomic mass is 10.4. The molecule has 0 bridgehead atoms. The van der Waals surface area contributed by atoms with Crippen LogP contribution in [-0.2, 0) is 0 Å². The monoisotopic (exact) mass is 194 g/mol. The van der Waals surface area contributed by atoms with Gasteiger partial charge in [0.25, 0.3) is 5.56 Å². The van der Waals surface area contributed by atoms with E-state index in [1.165, 1.54) is 11.5 Å². The van der Waals surface area contributed by atoms with E-state index in [1.807, 2.05) is 26.0 Å². The number of hydrogen-bond donors (Lipinski definition) is 0. The molecule has 0 unspecified atom stereocenters. The molecular weight excluding hydrogens is 184 g/mol. The summed E-state index contributed by atoms with van der Waals surface area (Å²) in [6.07, 6.45) is 1.65. The first-order valence-electron chi connectivity index (χ1n) is 4.16. The third kappa shape index (κ3) is 1.27. The van der Waals surface area contributed by atoms with Gasteiger partial charge >= 0.3 is 0 Å². The molecule has 0 fully saturated rings. The topological polar surface area (TPSA) is 34.9 Å². The van der Waals surface area contributed by atoms with Crippen molar-refractivity contribution in [3.05, 3.63) is 28.7 Å². The molecule has 2 heterocycles. The quantitative estimate of drug-likeness (QED) is 0.696. The summed E-state index contributed by atoms with van der Waals surface area (Å²) in [7, 11) is 0. The Kier molecular flexibility index (Phi) is 1.92. The van der Waals surface area contributed by atoms with Crippen molar-refractivity contribution in [2.45, 2.75) is 19.9 Å². The number of pyridine rings is 1. The molecule has 0 amide bonds. The maximum absolute atomic E-state index is 11.7. The zero-order valence-corrected chi connectivity index (χ0v) is 8.34. The highest BCUT2D eigenvalue weighted by Gasteiger charge is 2.09. The third-order valence-corrected chi connectivity index (χ3v) is 3.15. The number of fused-ring (bicyclic) bond motifs is 1. The van der Waals surface area contributed by atoms with Crippen molar-refractivity contribution in [3.8, 4) is 0 Å². The van der Waals surface area contributed by atoms with Gasteiger partial charge in [-0.25, -0.2) is 4.98 Å². The standard InChI is InChI=1S/C9H10N2OS/c1-6(2)11-9(12)8-7(13-11)4-3-5-10-8/h3-6H,1-2H3. The van der Waals surface area contributed by atoms with Gasteiger partial charge < -0.3 is 0 Å². The molecule has 0 atom stereocenters. The minimum Gasteiger partial charge on any atom is -0.266 e. The van der Waals surface area contributed by atoms with Gasteiger partial charge in [0.1, 0.15) is 5.52 Å². The summed E-state index contributed by atoms with van der Waals surface area (Å²) in [6, 6.07) is 3.99. The molecule has 3 nitrogen and oxygen atoms in total. The maximum atomic E-state index is 11.7. The number of nitrogens with zero attached hydrogens (tertiary/aromatic N) is 2. The molecule has 0 saturated heterocycles.